The fourth-order valence-corrected chi connectivity index (χ4v) is 5.38. The van der Waals surface area contributed by atoms with E-state index in [2.05, 4.69) is 64.9 Å². The first-order valence-electron chi connectivity index (χ1n) is 9.89. The minimum Gasteiger partial charge on any atom is -0.301 e. The minimum absolute atomic E-state index is 0.147. The van der Waals surface area contributed by atoms with E-state index in [1.54, 1.807) is 6.20 Å². The zero-order chi connectivity index (χ0) is 18.5. The first-order chi connectivity index (χ1) is 13.3. The van der Waals surface area contributed by atoms with Crippen LogP contribution in [0.4, 0.5) is 5.13 Å². The average molecular weight is 379 g/mol. The molecule has 2 aliphatic rings. The Balaban J connectivity index is 1.75. The predicted molar refractivity (Wildman–Crippen MR) is 112 cm³/mol. The summed E-state index contributed by atoms with van der Waals surface area (Å²) in [6.07, 6.45) is 16.8. The number of thiazole rings is 1. The first-order valence-corrected chi connectivity index (χ1v) is 10.8. The topological polar surface area (TPSA) is 42.0 Å². The molecule has 4 rings (SSSR count). The van der Waals surface area contributed by atoms with E-state index in [9.17, 15) is 4.79 Å². The Labute approximate surface area is 165 Å². The third kappa shape index (κ3) is 3.77. The van der Waals surface area contributed by atoms with E-state index in [-0.39, 0.29) is 17.2 Å². The highest BCUT2D eigenvalue weighted by atomic mass is 32.1. The molecule has 1 fully saturated rings. The van der Waals surface area contributed by atoms with E-state index in [0.717, 1.165) is 32.1 Å². The Kier molecular flexibility index (Phi) is 5.53. The van der Waals surface area contributed by atoms with Crippen LogP contribution in [0.1, 0.15) is 50.0 Å². The molecular weight excluding hydrogens is 352 g/mol. The maximum Gasteiger partial charge on any atom is 0.233 e. The van der Waals surface area contributed by atoms with Crippen LogP contribution in [-0.4, -0.2) is 10.9 Å². The summed E-state index contributed by atoms with van der Waals surface area (Å²) in [6.45, 7) is 0. The predicted octanol–water partition coefficient (Wildman–Crippen LogP) is 5.95. The molecule has 0 radical (unpaired) electrons. The summed E-state index contributed by atoms with van der Waals surface area (Å²) in [5.41, 5.74) is 0.893. The van der Waals surface area contributed by atoms with Gasteiger partial charge < -0.3 is 5.32 Å². The monoisotopic (exact) mass is 378 g/mol. The van der Waals surface area contributed by atoms with Crippen molar-refractivity contribution in [3.05, 3.63) is 71.8 Å². The highest BCUT2D eigenvalue weighted by molar-refractivity contribution is 7.13. The van der Waals surface area contributed by atoms with Crippen molar-refractivity contribution in [2.75, 3.05) is 5.32 Å². The largest absolute Gasteiger partial charge is 0.301 e. The molecular formula is C23H26N2OS. The van der Waals surface area contributed by atoms with Crippen molar-refractivity contribution in [2.24, 2.45) is 11.3 Å². The molecule has 0 bridgehead atoms. The summed E-state index contributed by atoms with van der Waals surface area (Å²) < 4.78 is 0. The molecule has 2 aromatic rings. The lowest BCUT2D eigenvalue weighted by atomic mass is 9.58. The number of benzene rings is 1. The summed E-state index contributed by atoms with van der Waals surface area (Å²) in [7, 11) is 0. The maximum atomic E-state index is 13.7. The zero-order valence-electron chi connectivity index (χ0n) is 15.5. The van der Waals surface area contributed by atoms with E-state index in [0.29, 0.717) is 11.0 Å². The lowest BCUT2D eigenvalue weighted by Gasteiger charge is -2.45. The second-order valence-corrected chi connectivity index (χ2v) is 8.50. The van der Waals surface area contributed by atoms with Gasteiger partial charge in [0, 0.05) is 17.5 Å². The Hall–Kier alpha value is -2.20. The van der Waals surface area contributed by atoms with E-state index in [1.807, 2.05) is 5.38 Å². The van der Waals surface area contributed by atoms with Crippen LogP contribution in [0.3, 0.4) is 0 Å². The Morgan fingerprint density at radius 2 is 1.96 bits per heavy atom. The summed E-state index contributed by atoms with van der Waals surface area (Å²) in [4.78, 5) is 17.9. The average Bonchev–Trinajstić information content (AvgIpc) is 3.23. The van der Waals surface area contributed by atoms with Gasteiger partial charge in [0.1, 0.15) is 0 Å². The lowest BCUT2D eigenvalue weighted by Crippen LogP contribution is -2.45. The fourth-order valence-electron chi connectivity index (χ4n) is 4.85. The molecule has 1 aromatic carbocycles. The molecule has 1 heterocycles. The van der Waals surface area contributed by atoms with Crippen LogP contribution < -0.4 is 5.32 Å². The van der Waals surface area contributed by atoms with Crippen molar-refractivity contribution in [1.29, 1.82) is 0 Å². The molecule has 0 aliphatic heterocycles. The third-order valence-electron chi connectivity index (χ3n) is 6.05. The fraction of sp³-hybridized carbons (Fsp3) is 0.391. The van der Waals surface area contributed by atoms with Crippen molar-refractivity contribution in [3.63, 3.8) is 0 Å². The van der Waals surface area contributed by atoms with Gasteiger partial charge in [0.2, 0.25) is 5.91 Å². The number of carbonyl (C=O) groups is 1. The molecule has 1 aromatic heterocycles. The first kappa shape index (κ1) is 18.2. The minimum atomic E-state index is -0.383. The third-order valence-corrected chi connectivity index (χ3v) is 6.74. The van der Waals surface area contributed by atoms with E-state index < -0.39 is 0 Å². The normalized spacial score (nSPS) is 22.3. The van der Waals surface area contributed by atoms with Gasteiger partial charge in [0.25, 0.3) is 0 Å². The van der Waals surface area contributed by atoms with Gasteiger partial charge >= 0.3 is 0 Å². The second-order valence-electron chi connectivity index (χ2n) is 7.61. The van der Waals surface area contributed by atoms with Crippen LogP contribution in [-0.2, 0) is 4.79 Å². The molecule has 27 heavy (non-hydrogen) atoms. The van der Waals surface area contributed by atoms with Crippen LogP contribution >= 0.6 is 11.3 Å². The molecule has 2 aliphatic carbocycles. The number of carbonyl (C=O) groups excluding carboxylic acids is 1. The van der Waals surface area contributed by atoms with Crippen molar-refractivity contribution in [2.45, 2.75) is 44.4 Å². The highest BCUT2D eigenvalue weighted by Crippen LogP contribution is 2.53. The molecule has 4 heteroatoms. The van der Waals surface area contributed by atoms with Gasteiger partial charge in [0.15, 0.2) is 5.13 Å². The van der Waals surface area contributed by atoms with Crippen molar-refractivity contribution < 1.29 is 4.79 Å². The zero-order valence-corrected chi connectivity index (χ0v) is 16.3. The molecule has 2 atom stereocenters. The Bertz CT molecular complexity index is 804. The van der Waals surface area contributed by atoms with Crippen molar-refractivity contribution in [1.82, 2.24) is 4.98 Å². The highest BCUT2D eigenvalue weighted by Gasteiger charge is 2.49. The molecule has 1 amide bonds. The van der Waals surface area contributed by atoms with Gasteiger partial charge in [-0.2, -0.15) is 0 Å². The molecule has 140 valence electrons. The van der Waals surface area contributed by atoms with Crippen molar-refractivity contribution >= 4 is 22.4 Å². The van der Waals surface area contributed by atoms with Crippen LogP contribution in [0, 0.1) is 11.3 Å². The number of aromatic nitrogens is 1. The number of allylic oxidation sites excluding steroid dienone is 4. The molecule has 3 nitrogen and oxygen atoms in total. The standard InChI is InChI=1S/C23H26N2OS/c26-21(25-22-24-16-17-27-22)23(14-8-3-9-15-23)20(18-10-4-1-5-11-18)19-12-6-2-7-13-19/h1-2,4-7,10-12,16-17,19-20H,3,8-9,13-15H2,(H,24,25,26). The Morgan fingerprint density at radius 1 is 1.15 bits per heavy atom. The summed E-state index contributed by atoms with van der Waals surface area (Å²) >= 11 is 1.49. The SMILES string of the molecule is O=C(Nc1nccs1)C1(C(c2ccccc2)C2C=CC=CC2)CCCCC1. The van der Waals surface area contributed by atoms with E-state index >= 15 is 0 Å². The van der Waals surface area contributed by atoms with Gasteiger partial charge in [0.05, 0.1) is 5.41 Å². The number of hydrogen-bond donors (Lipinski definition) is 1. The van der Waals surface area contributed by atoms with Gasteiger partial charge in [-0.25, -0.2) is 4.98 Å². The molecule has 1 saturated carbocycles. The summed E-state index contributed by atoms with van der Waals surface area (Å²) in [5.74, 6) is 0.673. The number of hydrogen-bond acceptors (Lipinski definition) is 3. The number of anilines is 1. The lowest BCUT2D eigenvalue weighted by molar-refractivity contribution is -0.129. The quantitative estimate of drug-likeness (QED) is 0.699. The van der Waals surface area contributed by atoms with Crippen LogP contribution in [0.25, 0.3) is 0 Å². The van der Waals surface area contributed by atoms with Crippen molar-refractivity contribution in [3.8, 4) is 0 Å². The van der Waals surface area contributed by atoms with Gasteiger partial charge in [-0.15, -0.1) is 11.3 Å². The van der Waals surface area contributed by atoms with Crippen LogP contribution in [0.15, 0.2) is 66.2 Å². The van der Waals surface area contributed by atoms with Gasteiger partial charge in [-0.3, -0.25) is 4.79 Å². The van der Waals surface area contributed by atoms with Crippen LogP contribution in [0.2, 0.25) is 0 Å². The number of amides is 1. The Morgan fingerprint density at radius 3 is 2.63 bits per heavy atom. The molecule has 1 N–H and O–H groups in total. The molecule has 0 saturated heterocycles. The number of nitrogens with one attached hydrogen (secondary N) is 1. The summed E-state index contributed by atoms with van der Waals surface area (Å²) in [6, 6.07) is 10.6. The van der Waals surface area contributed by atoms with Crippen LogP contribution in [0.5, 0.6) is 0 Å². The van der Waals surface area contributed by atoms with Gasteiger partial charge in [-0.1, -0.05) is 73.9 Å². The second kappa shape index (κ2) is 8.22. The maximum absolute atomic E-state index is 13.7. The van der Waals surface area contributed by atoms with E-state index in [4.69, 9.17) is 0 Å². The number of nitrogens with zero attached hydrogens (tertiary/aromatic N) is 1. The van der Waals surface area contributed by atoms with E-state index in [1.165, 1.54) is 23.3 Å². The van der Waals surface area contributed by atoms with Gasteiger partial charge in [-0.05, 0) is 30.7 Å². The molecule has 0 spiro atoms. The summed E-state index contributed by atoms with van der Waals surface area (Å²) in [5, 5.41) is 5.76. The smallest absolute Gasteiger partial charge is 0.233 e. The molecule has 2 unspecified atom stereocenters. The number of rotatable bonds is 5.